The fourth-order valence-corrected chi connectivity index (χ4v) is 2.71. The highest BCUT2D eigenvalue weighted by Crippen LogP contribution is 2.31. The first-order valence-corrected chi connectivity index (χ1v) is 9.46. The normalized spacial score (nSPS) is 10.9. The van der Waals surface area contributed by atoms with Crippen LogP contribution in [0.4, 0.5) is 5.69 Å². The van der Waals surface area contributed by atoms with Crippen LogP contribution in [0.3, 0.4) is 0 Å². The van der Waals surface area contributed by atoms with Crippen molar-refractivity contribution in [2.24, 2.45) is 5.10 Å². The van der Waals surface area contributed by atoms with E-state index in [2.05, 4.69) is 10.5 Å². The topological polar surface area (TPSA) is 107 Å². The monoisotopic (exact) mass is 427 g/mol. The number of nitro benzene ring substituents is 1. The first-order valence-electron chi connectivity index (χ1n) is 9.08. The lowest BCUT2D eigenvalue weighted by Gasteiger charge is -2.05. The number of halogens is 1. The van der Waals surface area contributed by atoms with Crippen molar-refractivity contribution in [3.63, 3.8) is 0 Å². The summed E-state index contributed by atoms with van der Waals surface area (Å²) in [5.41, 5.74) is 3.14. The second kappa shape index (κ2) is 9.71. The van der Waals surface area contributed by atoms with E-state index < -0.39 is 4.92 Å². The molecule has 0 radical (unpaired) electrons. The lowest BCUT2D eigenvalue weighted by atomic mass is 10.1. The molecule has 0 unspecified atom stereocenters. The molecule has 1 heterocycles. The smallest absolute Gasteiger partial charge is 0.288 e. The molecule has 1 amide bonds. The molecule has 0 aliphatic rings. The lowest BCUT2D eigenvalue weighted by molar-refractivity contribution is -0.384. The van der Waals surface area contributed by atoms with E-state index in [9.17, 15) is 14.9 Å². The Morgan fingerprint density at radius 3 is 2.70 bits per heavy atom. The molecule has 0 aliphatic carbocycles. The minimum absolute atomic E-state index is 0.0461. The first-order chi connectivity index (χ1) is 14.5. The fourth-order valence-electron chi connectivity index (χ4n) is 2.52. The van der Waals surface area contributed by atoms with Gasteiger partial charge < -0.3 is 9.15 Å². The summed E-state index contributed by atoms with van der Waals surface area (Å²) in [4.78, 5) is 22.6. The molecule has 8 nitrogen and oxygen atoms in total. The molecule has 0 atom stereocenters. The molecule has 0 bridgehead atoms. The van der Waals surface area contributed by atoms with E-state index in [1.807, 2.05) is 6.92 Å². The summed E-state index contributed by atoms with van der Waals surface area (Å²) >= 11 is 5.82. The Morgan fingerprint density at radius 2 is 2.00 bits per heavy atom. The maximum absolute atomic E-state index is 12.1. The van der Waals surface area contributed by atoms with Gasteiger partial charge in [0.1, 0.15) is 22.3 Å². The highest BCUT2D eigenvalue weighted by atomic mass is 35.5. The molecule has 0 saturated heterocycles. The molecule has 9 heteroatoms. The van der Waals surface area contributed by atoms with Crippen molar-refractivity contribution in [3.8, 4) is 17.1 Å². The third-order valence-electron chi connectivity index (χ3n) is 4.00. The van der Waals surface area contributed by atoms with Gasteiger partial charge >= 0.3 is 0 Å². The Bertz CT molecular complexity index is 1080. The summed E-state index contributed by atoms with van der Waals surface area (Å²) < 4.78 is 11.1. The Labute approximate surface area is 177 Å². The Hall–Kier alpha value is -3.65. The summed E-state index contributed by atoms with van der Waals surface area (Å²) in [6.45, 7) is 2.63. The second-order valence-electron chi connectivity index (χ2n) is 6.20. The van der Waals surface area contributed by atoms with Gasteiger partial charge in [-0.25, -0.2) is 5.43 Å². The molecule has 1 aromatic heterocycles. The average molecular weight is 428 g/mol. The predicted molar refractivity (Wildman–Crippen MR) is 113 cm³/mol. The molecule has 1 N–H and O–H groups in total. The van der Waals surface area contributed by atoms with E-state index in [1.165, 1.54) is 18.3 Å². The summed E-state index contributed by atoms with van der Waals surface area (Å²) in [7, 11) is 0. The summed E-state index contributed by atoms with van der Waals surface area (Å²) in [6.07, 6.45) is 2.24. The number of hydrogen-bond donors (Lipinski definition) is 1. The molecular formula is C21H18ClN3O5. The number of amides is 1. The third kappa shape index (κ3) is 5.24. The van der Waals surface area contributed by atoms with Gasteiger partial charge in [0.2, 0.25) is 0 Å². The van der Waals surface area contributed by atoms with Crippen LogP contribution in [-0.2, 0) is 0 Å². The van der Waals surface area contributed by atoms with Crippen molar-refractivity contribution in [3.05, 3.63) is 81.1 Å². The zero-order valence-electron chi connectivity index (χ0n) is 16.0. The lowest BCUT2D eigenvalue weighted by Crippen LogP contribution is -2.17. The molecule has 0 saturated carbocycles. The number of benzene rings is 2. The van der Waals surface area contributed by atoms with Gasteiger partial charge in [0.15, 0.2) is 0 Å². The zero-order chi connectivity index (χ0) is 21.5. The molecule has 3 aromatic rings. The quantitative estimate of drug-likeness (QED) is 0.307. The number of furan rings is 1. The Morgan fingerprint density at radius 1 is 1.23 bits per heavy atom. The molecule has 0 aliphatic heterocycles. The number of rotatable bonds is 8. The minimum Gasteiger partial charge on any atom is -0.494 e. The van der Waals surface area contributed by atoms with E-state index in [1.54, 1.807) is 42.5 Å². The first kappa shape index (κ1) is 21.1. The number of ether oxygens (including phenoxy) is 1. The molecular weight excluding hydrogens is 410 g/mol. The number of hydrazone groups is 1. The third-order valence-corrected chi connectivity index (χ3v) is 4.32. The van der Waals surface area contributed by atoms with Gasteiger partial charge in [-0.15, -0.1) is 0 Å². The van der Waals surface area contributed by atoms with Gasteiger partial charge in [-0.2, -0.15) is 5.10 Å². The SMILES string of the molecule is CCCOc1ccc(C(=O)N/N=C/c2ccc(-c3ccc(Cl)c([N+](=O)[O-])c3)o2)cc1. The largest absolute Gasteiger partial charge is 0.494 e. The van der Waals surface area contributed by atoms with Gasteiger partial charge in [0.25, 0.3) is 11.6 Å². The molecule has 154 valence electrons. The van der Waals surface area contributed by atoms with E-state index in [-0.39, 0.29) is 16.6 Å². The van der Waals surface area contributed by atoms with Gasteiger partial charge in [-0.1, -0.05) is 18.5 Å². The van der Waals surface area contributed by atoms with Gasteiger partial charge in [-0.3, -0.25) is 14.9 Å². The molecule has 3 rings (SSSR count). The van der Waals surface area contributed by atoms with Crippen LogP contribution in [0.2, 0.25) is 5.02 Å². The van der Waals surface area contributed by atoms with E-state index in [0.29, 0.717) is 35.0 Å². The number of nitrogens with zero attached hydrogens (tertiary/aromatic N) is 2. The van der Waals surface area contributed by atoms with Crippen LogP contribution in [0, 0.1) is 10.1 Å². The van der Waals surface area contributed by atoms with Crippen LogP contribution in [0.1, 0.15) is 29.5 Å². The van der Waals surface area contributed by atoms with Crippen LogP contribution < -0.4 is 10.2 Å². The number of nitro groups is 1. The van der Waals surface area contributed by atoms with Crippen LogP contribution in [-0.4, -0.2) is 23.7 Å². The van der Waals surface area contributed by atoms with Crippen LogP contribution in [0.5, 0.6) is 5.75 Å². The molecule has 0 spiro atoms. The maximum atomic E-state index is 12.1. The van der Waals surface area contributed by atoms with Gasteiger partial charge in [0.05, 0.1) is 17.7 Å². The van der Waals surface area contributed by atoms with Crippen molar-refractivity contribution in [2.45, 2.75) is 13.3 Å². The number of carbonyl (C=O) groups excluding carboxylic acids is 1. The van der Waals surface area contributed by atoms with E-state index in [0.717, 1.165) is 6.42 Å². The van der Waals surface area contributed by atoms with E-state index >= 15 is 0 Å². The Balaban J connectivity index is 1.62. The summed E-state index contributed by atoms with van der Waals surface area (Å²) in [5, 5.41) is 14.9. The van der Waals surface area contributed by atoms with Crippen molar-refractivity contribution in [1.29, 1.82) is 0 Å². The standard InChI is InChI=1S/C21H18ClN3O5/c1-2-11-29-16-6-3-14(4-7-16)21(26)24-23-13-17-8-10-20(30-17)15-5-9-18(22)19(12-15)25(27)28/h3-10,12-13H,2,11H2,1H3,(H,24,26)/b23-13+. The highest BCUT2D eigenvalue weighted by Gasteiger charge is 2.15. The average Bonchev–Trinajstić information content (AvgIpc) is 3.21. The number of hydrogen-bond acceptors (Lipinski definition) is 6. The van der Waals surface area contributed by atoms with Gasteiger partial charge in [-0.05, 0) is 55.0 Å². The molecule has 2 aromatic carbocycles. The predicted octanol–water partition coefficient (Wildman–Crippen LogP) is 5.06. The van der Waals surface area contributed by atoms with Crippen LogP contribution in [0.25, 0.3) is 11.3 Å². The number of carbonyl (C=O) groups is 1. The Kier molecular flexibility index (Phi) is 6.82. The van der Waals surface area contributed by atoms with Crippen molar-refractivity contribution < 1.29 is 18.9 Å². The van der Waals surface area contributed by atoms with Crippen LogP contribution >= 0.6 is 11.6 Å². The zero-order valence-corrected chi connectivity index (χ0v) is 16.8. The van der Waals surface area contributed by atoms with Crippen molar-refractivity contribution >= 4 is 29.4 Å². The second-order valence-corrected chi connectivity index (χ2v) is 6.60. The van der Waals surface area contributed by atoms with Gasteiger partial charge in [0, 0.05) is 17.2 Å². The molecule has 0 fully saturated rings. The highest BCUT2D eigenvalue weighted by molar-refractivity contribution is 6.32. The van der Waals surface area contributed by atoms with E-state index in [4.69, 9.17) is 20.8 Å². The van der Waals surface area contributed by atoms with Crippen LogP contribution in [0.15, 0.2) is 64.1 Å². The fraction of sp³-hybridized carbons (Fsp3) is 0.143. The van der Waals surface area contributed by atoms with Crippen molar-refractivity contribution in [1.82, 2.24) is 5.43 Å². The molecule has 30 heavy (non-hydrogen) atoms. The number of nitrogens with one attached hydrogen (secondary N) is 1. The minimum atomic E-state index is -0.560. The summed E-state index contributed by atoms with van der Waals surface area (Å²) in [5.74, 6) is 1.09. The van der Waals surface area contributed by atoms with Crippen molar-refractivity contribution in [2.75, 3.05) is 6.61 Å². The summed E-state index contributed by atoms with van der Waals surface area (Å²) in [6, 6.07) is 14.4. The maximum Gasteiger partial charge on any atom is 0.288 e.